The fourth-order valence-corrected chi connectivity index (χ4v) is 2.46. The summed E-state index contributed by atoms with van der Waals surface area (Å²) in [6.45, 7) is 3.71. The van der Waals surface area contributed by atoms with Crippen LogP contribution in [-0.4, -0.2) is 19.9 Å². The van der Waals surface area contributed by atoms with Gasteiger partial charge in [0, 0.05) is 13.2 Å². The van der Waals surface area contributed by atoms with Gasteiger partial charge in [0.2, 0.25) is 0 Å². The molecule has 5 heteroatoms. The van der Waals surface area contributed by atoms with E-state index < -0.39 is 6.10 Å². The molecule has 0 aromatic carbocycles. The molecule has 2 aromatic heterocycles. The van der Waals surface area contributed by atoms with Crippen LogP contribution in [0.1, 0.15) is 24.3 Å². The summed E-state index contributed by atoms with van der Waals surface area (Å²) in [6.07, 6.45) is 1.25. The molecule has 1 N–H and O–H groups in total. The molecule has 0 saturated heterocycles. The van der Waals surface area contributed by atoms with Crippen LogP contribution in [0.25, 0.3) is 0 Å². The van der Waals surface area contributed by atoms with Gasteiger partial charge in [0.05, 0.1) is 11.8 Å². The van der Waals surface area contributed by atoms with Gasteiger partial charge in [-0.3, -0.25) is 4.68 Å². The second-order valence-corrected chi connectivity index (χ2v) is 4.99. The van der Waals surface area contributed by atoms with Crippen LogP contribution in [0.15, 0.2) is 34.4 Å². The first-order valence-electron chi connectivity index (χ1n) is 5.39. The van der Waals surface area contributed by atoms with Gasteiger partial charge in [0.1, 0.15) is 10.1 Å². The van der Waals surface area contributed by atoms with Crippen molar-refractivity contribution in [2.24, 2.45) is 7.05 Å². The maximum atomic E-state index is 9.52. The molecule has 17 heavy (non-hydrogen) atoms. The number of aryl methyl sites for hydroxylation is 2. The Morgan fingerprint density at radius 2 is 2.18 bits per heavy atom. The van der Waals surface area contributed by atoms with Gasteiger partial charge in [0.15, 0.2) is 0 Å². The van der Waals surface area contributed by atoms with E-state index in [2.05, 4.69) is 10.1 Å². The highest BCUT2D eigenvalue weighted by Gasteiger charge is 2.07. The summed E-state index contributed by atoms with van der Waals surface area (Å²) in [7, 11) is 1.91. The molecule has 1 atom stereocenters. The van der Waals surface area contributed by atoms with Gasteiger partial charge < -0.3 is 5.11 Å². The number of rotatable bonds is 3. The smallest absolute Gasteiger partial charge is 0.103 e. The zero-order valence-corrected chi connectivity index (χ0v) is 10.9. The van der Waals surface area contributed by atoms with E-state index in [0.717, 1.165) is 21.3 Å². The Labute approximate surface area is 105 Å². The Morgan fingerprint density at radius 3 is 2.76 bits per heavy atom. The van der Waals surface area contributed by atoms with Crippen LogP contribution in [0, 0.1) is 6.92 Å². The number of aromatic nitrogens is 3. The first-order valence-corrected chi connectivity index (χ1v) is 6.20. The molecule has 0 aliphatic carbocycles. The lowest BCUT2D eigenvalue weighted by Crippen LogP contribution is -1.94. The molecule has 90 valence electrons. The molecule has 0 fully saturated rings. The van der Waals surface area contributed by atoms with E-state index in [0.29, 0.717) is 0 Å². The van der Waals surface area contributed by atoms with Crippen LogP contribution >= 0.6 is 11.8 Å². The molecular formula is C12H15N3OS. The van der Waals surface area contributed by atoms with Crippen molar-refractivity contribution in [3.8, 4) is 0 Å². The van der Waals surface area contributed by atoms with E-state index in [-0.39, 0.29) is 0 Å². The second-order valence-electron chi connectivity index (χ2n) is 3.95. The molecule has 0 aliphatic rings. The molecule has 0 amide bonds. The predicted octanol–water partition coefficient (Wildman–Crippen LogP) is 2.33. The van der Waals surface area contributed by atoms with E-state index in [1.165, 1.54) is 0 Å². The monoisotopic (exact) mass is 249 g/mol. The molecule has 4 nitrogen and oxygen atoms in total. The van der Waals surface area contributed by atoms with Crippen molar-refractivity contribution in [3.05, 3.63) is 35.7 Å². The van der Waals surface area contributed by atoms with Gasteiger partial charge >= 0.3 is 0 Å². The van der Waals surface area contributed by atoms with Gasteiger partial charge in [0.25, 0.3) is 0 Å². The summed E-state index contributed by atoms with van der Waals surface area (Å²) in [5, 5.41) is 15.7. The highest BCUT2D eigenvalue weighted by atomic mass is 32.2. The lowest BCUT2D eigenvalue weighted by molar-refractivity contribution is 0.199. The van der Waals surface area contributed by atoms with E-state index >= 15 is 0 Å². The summed E-state index contributed by atoms with van der Waals surface area (Å²) < 4.78 is 1.83. The lowest BCUT2D eigenvalue weighted by atomic mass is 10.2. The molecule has 0 unspecified atom stereocenters. The molecular weight excluding hydrogens is 234 g/mol. The Kier molecular flexibility index (Phi) is 3.49. The Balaban J connectivity index is 2.24. The minimum Gasteiger partial charge on any atom is -0.389 e. The fraction of sp³-hybridized carbons (Fsp3) is 0.333. The van der Waals surface area contributed by atoms with Crippen molar-refractivity contribution in [1.82, 2.24) is 14.8 Å². The highest BCUT2D eigenvalue weighted by molar-refractivity contribution is 7.99. The second kappa shape index (κ2) is 4.89. The summed E-state index contributed by atoms with van der Waals surface area (Å²) >= 11 is 1.54. The third-order valence-electron chi connectivity index (χ3n) is 2.41. The average molecular weight is 249 g/mol. The van der Waals surface area contributed by atoms with Gasteiger partial charge in [-0.15, -0.1) is 0 Å². The van der Waals surface area contributed by atoms with Gasteiger partial charge in [-0.2, -0.15) is 5.10 Å². The number of hydrogen-bond acceptors (Lipinski definition) is 4. The number of aliphatic hydroxyl groups excluding tert-OH is 1. The number of pyridine rings is 1. The van der Waals surface area contributed by atoms with Gasteiger partial charge in [-0.05, 0) is 37.6 Å². The Morgan fingerprint density at radius 1 is 1.41 bits per heavy atom. The van der Waals surface area contributed by atoms with Crippen molar-refractivity contribution < 1.29 is 5.11 Å². The van der Waals surface area contributed by atoms with Crippen molar-refractivity contribution in [3.63, 3.8) is 0 Å². The minimum atomic E-state index is -0.467. The van der Waals surface area contributed by atoms with Crippen LogP contribution in [0.4, 0.5) is 0 Å². The van der Waals surface area contributed by atoms with Gasteiger partial charge in [-0.25, -0.2) is 4.98 Å². The summed E-state index contributed by atoms with van der Waals surface area (Å²) in [5.74, 6) is 0. The quantitative estimate of drug-likeness (QED) is 0.907. The summed E-state index contributed by atoms with van der Waals surface area (Å²) in [5.41, 5.74) is 1.86. The van der Waals surface area contributed by atoms with E-state index in [9.17, 15) is 5.11 Å². The Bertz CT molecular complexity index is 522. The van der Waals surface area contributed by atoms with E-state index in [1.54, 1.807) is 24.9 Å². The molecule has 0 spiro atoms. The Hall–Kier alpha value is -1.33. The zero-order valence-electron chi connectivity index (χ0n) is 10.1. The standard InChI is InChI=1S/C12H15N3OS/c1-8-6-12(15(3)14-8)17-11-7-10(9(2)16)4-5-13-11/h4-7,9,16H,1-3H3/t9-/m0/s1. The number of hydrogen-bond donors (Lipinski definition) is 1. The van der Waals surface area contributed by atoms with Crippen molar-refractivity contribution >= 4 is 11.8 Å². The molecule has 2 heterocycles. The summed E-state index contributed by atoms with van der Waals surface area (Å²) in [6, 6.07) is 5.74. The lowest BCUT2D eigenvalue weighted by Gasteiger charge is -2.06. The average Bonchev–Trinajstić information content (AvgIpc) is 2.58. The van der Waals surface area contributed by atoms with E-state index in [1.807, 2.05) is 36.9 Å². The third kappa shape index (κ3) is 2.87. The van der Waals surface area contributed by atoms with Crippen molar-refractivity contribution in [2.45, 2.75) is 30.0 Å². The van der Waals surface area contributed by atoms with Crippen molar-refractivity contribution in [1.29, 1.82) is 0 Å². The molecule has 0 radical (unpaired) electrons. The minimum absolute atomic E-state index is 0.467. The highest BCUT2D eigenvalue weighted by Crippen LogP contribution is 2.27. The van der Waals surface area contributed by atoms with Crippen LogP contribution in [-0.2, 0) is 7.05 Å². The van der Waals surface area contributed by atoms with Gasteiger partial charge in [-0.1, -0.05) is 11.8 Å². The van der Waals surface area contributed by atoms with Crippen LogP contribution in [0.5, 0.6) is 0 Å². The topological polar surface area (TPSA) is 50.9 Å². The zero-order chi connectivity index (χ0) is 12.4. The van der Waals surface area contributed by atoms with Crippen LogP contribution < -0.4 is 0 Å². The fourth-order valence-electron chi connectivity index (χ4n) is 1.53. The maximum Gasteiger partial charge on any atom is 0.103 e. The molecule has 2 aromatic rings. The maximum absolute atomic E-state index is 9.52. The summed E-state index contributed by atoms with van der Waals surface area (Å²) in [4.78, 5) is 4.28. The third-order valence-corrected chi connectivity index (χ3v) is 3.43. The van der Waals surface area contributed by atoms with Crippen LogP contribution in [0.3, 0.4) is 0 Å². The first kappa shape index (κ1) is 12.1. The van der Waals surface area contributed by atoms with Crippen molar-refractivity contribution in [2.75, 3.05) is 0 Å². The normalized spacial score (nSPS) is 12.7. The van der Waals surface area contributed by atoms with Crippen LogP contribution in [0.2, 0.25) is 0 Å². The van der Waals surface area contributed by atoms with E-state index in [4.69, 9.17) is 0 Å². The SMILES string of the molecule is Cc1cc(Sc2cc([C@H](C)O)ccn2)n(C)n1. The molecule has 0 saturated carbocycles. The number of nitrogens with zero attached hydrogens (tertiary/aromatic N) is 3. The largest absolute Gasteiger partial charge is 0.389 e. The molecule has 0 aliphatic heterocycles. The molecule has 0 bridgehead atoms. The predicted molar refractivity (Wildman–Crippen MR) is 66.9 cm³/mol. The first-order chi connectivity index (χ1) is 8.06. The number of aliphatic hydroxyl groups is 1. The molecule has 2 rings (SSSR count).